The lowest BCUT2D eigenvalue weighted by atomic mass is 10.1. The summed E-state index contributed by atoms with van der Waals surface area (Å²) < 4.78 is 20.3. The third-order valence-corrected chi connectivity index (χ3v) is 4.71. The van der Waals surface area contributed by atoms with E-state index in [0.29, 0.717) is 17.9 Å². The van der Waals surface area contributed by atoms with Crippen LogP contribution in [0.15, 0.2) is 72.8 Å². The van der Waals surface area contributed by atoms with Gasteiger partial charge in [0.15, 0.2) is 0 Å². The van der Waals surface area contributed by atoms with Crippen LogP contribution in [0.2, 0.25) is 0 Å². The summed E-state index contributed by atoms with van der Waals surface area (Å²) in [5.41, 5.74) is 3.23. The quantitative estimate of drug-likeness (QED) is 0.458. The van der Waals surface area contributed by atoms with Gasteiger partial charge in [0.25, 0.3) is 5.91 Å². The highest BCUT2D eigenvalue weighted by Crippen LogP contribution is 2.14. The highest BCUT2D eigenvalue weighted by molar-refractivity contribution is 5.94. The number of halogens is 1. The van der Waals surface area contributed by atoms with Gasteiger partial charge in [-0.1, -0.05) is 35.5 Å². The molecule has 1 amide bonds. The fraction of sp³-hybridized carbons (Fsp3) is 0.174. The second-order valence-corrected chi connectivity index (χ2v) is 7.06. The Balaban J connectivity index is 1.28. The Morgan fingerprint density at radius 3 is 2.71 bits per heavy atom. The van der Waals surface area contributed by atoms with Gasteiger partial charge in [-0.15, -0.1) is 5.10 Å². The third kappa shape index (κ3) is 5.23. The number of nitrogens with zero attached hydrogens (tertiary/aromatic N) is 3. The molecule has 158 valence electrons. The molecule has 0 aliphatic heterocycles. The minimum absolute atomic E-state index is 0.0147. The van der Waals surface area contributed by atoms with Crippen molar-refractivity contribution in [2.24, 2.45) is 0 Å². The van der Waals surface area contributed by atoms with Gasteiger partial charge in [0.05, 0.1) is 12.1 Å². The van der Waals surface area contributed by atoms with Gasteiger partial charge in [0.1, 0.15) is 29.8 Å². The summed E-state index contributed by atoms with van der Waals surface area (Å²) >= 11 is 0. The Kier molecular flexibility index (Phi) is 6.18. The maximum Gasteiger partial charge on any atom is 0.251 e. The van der Waals surface area contributed by atoms with Crippen LogP contribution < -0.4 is 10.1 Å². The summed E-state index contributed by atoms with van der Waals surface area (Å²) in [5.74, 6) is -0.399. The van der Waals surface area contributed by atoms with E-state index in [-0.39, 0.29) is 19.1 Å². The largest absolute Gasteiger partial charge is 0.491 e. The van der Waals surface area contributed by atoms with Gasteiger partial charge in [-0.2, -0.15) is 0 Å². The summed E-state index contributed by atoms with van der Waals surface area (Å²) in [4.78, 5) is 12.3. The molecule has 0 bridgehead atoms. The fourth-order valence-corrected chi connectivity index (χ4v) is 3.09. The van der Waals surface area contributed by atoms with Crippen molar-refractivity contribution in [2.45, 2.75) is 12.6 Å². The number of rotatable bonds is 8. The van der Waals surface area contributed by atoms with E-state index in [4.69, 9.17) is 4.74 Å². The first-order chi connectivity index (χ1) is 15.1. The van der Waals surface area contributed by atoms with E-state index in [1.807, 2.05) is 36.4 Å². The van der Waals surface area contributed by atoms with Crippen molar-refractivity contribution < 1.29 is 19.0 Å². The van der Waals surface area contributed by atoms with Crippen molar-refractivity contribution in [3.8, 4) is 5.75 Å². The lowest BCUT2D eigenvalue weighted by Crippen LogP contribution is -2.35. The number of nitrogens with one attached hydrogen (secondary N) is 1. The fourth-order valence-electron chi connectivity index (χ4n) is 3.09. The Morgan fingerprint density at radius 1 is 1.10 bits per heavy atom. The Hall–Kier alpha value is -3.78. The molecule has 4 rings (SSSR count). The van der Waals surface area contributed by atoms with E-state index in [0.717, 1.165) is 16.6 Å². The maximum absolute atomic E-state index is 13.1. The molecular weight excluding hydrogens is 399 g/mol. The molecule has 31 heavy (non-hydrogen) atoms. The second kappa shape index (κ2) is 9.36. The van der Waals surface area contributed by atoms with Gasteiger partial charge in [-0.25, -0.2) is 9.07 Å². The van der Waals surface area contributed by atoms with Gasteiger partial charge in [-0.05, 0) is 42.0 Å². The molecule has 0 saturated carbocycles. The number of aliphatic hydroxyl groups excluding tert-OH is 1. The average molecular weight is 420 g/mol. The van der Waals surface area contributed by atoms with E-state index in [2.05, 4.69) is 15.6 Å². The molecule has 0 radical (unpaired) electrons. The number of aromatic nitrogens is 3. The van der Waals surface area contributed by atoms with Crippen LogP contribution in [0.1, 0.15) is 15.9 Å². The van der Waals surface area contributed by atoms with Crippen molar-refractivity contribution in [3.63, 3.8) is 0 Å². The molecule has 0 spiro atoms. The second-order valence-electron chi connectivity index (χ2n) is 7.06. The van der Waals surface area contributed by atoms with E-state index in [1.54, 1.807) is 22.9 Å². The molecule has 8 heteroatoms. The van der Waals surface area contributed by atoms with Crippen molar-refractivity contribution in [1.29, 1.82) is 0 Å². The number of para-hydroxylation sites is 1. The van der Waals surface area contributed by atoms with E-state index >= 15 is 0 Å². The number of ether oxygens (including phenoxy) is 1. The lowest BCUT2D eigenvalue weighted by molar-refractivity contribution is 0.0843. The van der Waals surface area contributed by atoms with E-state index < -0.39 is 11.9 Å². The normalized spacial score (nSPS) is 11.9. The molecule has 3 aromatic carbocycles. The van der Waals surface area contributed by atoms with Crippen molar-refractivity contribution in [1.82, 2.24) is 20.3 Å². The molecule has 1 atom stereocenters. The summed E-state index contributed by atoms with van der Waals surface area (Å²) in [6, 6.07) is 20.5. The van der Waals surface area contributed by atoms with Crippen LogP contribution in [0.4, 0.5) is 4.39 Å². The van der Waals surface area contributed by atoms with E-state index in [9.17, 15) is 14.3 Å². The zero-order valence-electron chi connectivity index (χ0n) is 16.6. The average Bonchev–Trinajstić information content (AvgIpc) is 3.19. The maximum atomic E-state index is 13.1. The first-order valence-corrected chi connectivity index (χ1v) is 9.80. The van der Waals surface area contributed by atoms with E-state index in [1.165, 1.54) is 18.2 Å². The number of aliphatic hydroxyl groups is 1. The zero-order valence-corrected chi connectivity index (χ0v) is 16.6. The predicted octanol–water partition coefficient (Wildman–Crippen LogP) is 2.79. The number of amides is 1. The number of hydrogen-bond acceptors (Lipinski definition) is 5. The molecule has 1 aromatic heterocycles. The number of hydrogen-bond donors (Lipinski definition) is 2. The molecule has 0 aliphatic carbocycles. The minimum atomic E-state index is -0.924. The van der Waals surface area contributed by atoms with Crippen LogP contribution in [0.5, 0.6) is 5.75 Å². The van der Waals surface area contributed by atoms with Crippen LogP contribution >= 0.6 is 0 Å². The summed E-state index contributed by atoms with van der Waals surface area (Å²) in [5, 5.41) is 21.0. The molecule has 0 aliphatic rings. The predicted molar refractivity (Wildman–Crippen MR) is 113 cm³/mol. The monoisotopic (exact) mass is 420 g/mol. The van der Waals surface area contributed by atoms with Crippen LogP contribution in [0.3, 0.4) is 0 Å². The molecule has 0 unspecified atom stereocenters. The van der Waals surface area contributed by atoms with Gasteiger partial charge in [0.2, 0.25) is 0 Å². The minimum Gasteiger partial charge on any atom is -0.491 e. The number of carbonyl (C=O) groups is 1. The van der Waals surface area contributed by atoms with Crippen molar-refractivity contribution >= 4 is 16.9 Å². The highest BCUT2D eigenvalue weighted by atomic mass is 19.1. The van der Waals surface area contributed by atoms with Gasteiger partial charge >= 0.3 is 0 Å². The topological polar surface area (TPSA) is 89.3 Å². The number of fused-ring (bicyclic) bond motifs is 1. The lowest BCUT2D eigenvalue weighted by Gasteiger charge is -2.13. The van der Waals surface area contributed by atoms with Crippen LogP contribution in [0.25, 0.3) is 11.0 Å². The van der Waals surface area contributed by atoms with Crippen molar-refractivity contribution in [3.05, 3.63) is 89.7 Å². The summed E-state index contributed by atoms with van der Waals surface area (Å²) in [6.07, 6.45) is -0.924. The Bertz CT molecular complexity index is 1180. The highest BCUT2D eigenvalue weighted by Gasteiger charge is 2.11. The first kappa shape index (κ1) is 20.5. The number of carbonyl (C=O) groups excluding carboxylic acids is 1. The van der Waals surface area contributed by atoms with Gasteiger partial charge in [0, 0.05) is 18.2 Å². The van der Waals surface area contributed by atoms with Crippen LogP contribution in [-0.4, -0.2) is 45.3 Å². The van der Waals surface area contributed by atoms with Crippen LogP contribution in [-0.2, 0) is 6.54 Å². The zero-order chi connectivity index (χ0) is 21.6. The first-order valence-electron chi connectivity index (χ1n) is 9.80. The molecule has 7 nitrogen and oxygen atoms in total. The Morgan fingerprint density at radius 2 is 1.90 bits per heavy atom. The van der Waals surface area contributed by atoms with Gasteiger partial charge in [-0.3, -0.25) is 4.79 Å². The smallest absolute Gasteiger partial charge is 0.251 e. The van der Waals surface area contributed by atoms with Crippen LogP contribution in [0, 0.1) is 5.82 Å². The molecule has 0 fully saturated rings. The number of benzene rings is 3. The standard InChI is InChI=1S/C23H21FN4O3/c24-18-4-3-5-20(12-18)31-15-19(29)13-25-23(30)17-10-8-16(9-11-17)14-28-22-7-2-1-6-21(22)26-27-28/h1-12,19,29H,13-15H2,(H,25,30)/t19-/m0/s1. The van der Waals surface area contributed by atoms with Gasteiger partial charge < -0.3 is 15.2 Å². The molecule has 1 heterocycles. The van der Waals surface area contributed by atoms with Crippen molar-refractivity contribution in [2.75, 3.05) is 13.2 Å². The summed E-state index contributed by atoms with van der Waals surface area (Å²) in [6.45, 7) is 0.494. The SMILES string of the molecule is O=C(NC[C@H](O)COc1cccc(F)c1)c1ccc(Cn2nnc3ccccc32)cc1. The summed E-state index contributed by atoms with van der Waals surface area (Å²) in [7, 11) is 0. The third-order valence-electron chi connectivity index (χ3n) is 4.71. The molecule has 2 N–H and O–H groups in total. The Labute approximate surface area is 178 Å². The molecule has 0 saturated heterocycles. The molecular formula is C23H21FN4O3. The molecule has 4 aromatic rings.